The van der Waals surface area contributed by atoms with Gasteiger partial charge in [-0.1, -0.05) is 25.1 Å². The molecule has 2 aliphatic heterocycles. The first kappa shape index (κ1) is 18.6. The van der Waals surface area contributed by atoms with E-state index in [-0.39, 0.29) is 11.3 Å². The van der Waals surface area contributed by atoms with Crippen LogP contribution in [0.4, 0.5) is 0 Å². The predicted molar refractivity (Wildman–Crippen MR) is 105 cm³/mol. The normalized spacial score (nSPS) is 21.5. The Morgan fingerprint density at radius 1 is 1.33 bits per heavy atom. The molecule has 27 heavy (non-hydrogen) atoms. The predicted octanol–water partition coefficient (Wildman–Crippen LogP) is 3.66. The van der Waals surface area contributed by atoms with Crippen LogP contribution in [0.3, 0.4) is 0 Å². The Balaban J connectivity index is 1.28. The quantitative estimate of drug-likeness (QED) is 0.800. The summed E-state index contributed by atoms with van der Waals surface area (Å²) in [7, 11) is 0. The van der Waals surface area contributed by atoms with Gasteiger partial charge in [-0.3, -0.25) is 9.69 Å². The third-order valence-corrected chi connectivity index (χ3v) is 6.58. The first-order chi connectivity index (χ1) is 13.0. The Hall–Kier alpha value is -1.73. The Morgan fingerprint density at radius 2 is 2.15 bits per heavy atom. The van der Waals surface area contributed by atoms with Crippen molar-refractivity contribution >= 4 is 17.2 Å². The maximum absolute atomic E-state index is 12.9. The van der Waals surface area contributed by atoms with Crippen LogP contribution in [0.5, 0.6) is 0 Å². The third kappa shape index (κ3) is 4.41. The molecular formula is C20H28N4O2S. The highest BCUT2D eigenvalue weighted by Gasteiger charge is 2.34. The third-order valence-electron chi connectivity index (χ3n) is 5.72. The molecule has 4 rings (SSSR count). The van der Waals surface area contributed by atoms with Gasteiger partial charge in [-0.05, 0) is 55.6 Å². The highest BCUT2D eigenvalue weighted by atomic mass is 32.1. The molecule has 2 saturated heterocycles. The zero-order valence-electron chi connectivity index (χ0n) is 16.2. The number of thiophene rings is 1. The largest absolute Gasteiger partial charge is 0.342 e. The van der Waals surface area contributed by atoms with Crippen molar-refractivity contribution < 1.29 is 9.32 Å². The molecule has 2 aliphatic rings. The summed E-state index contributed by atoms with van der Waals surface area (Å²) in [4.78, 5) is 22.9. The van der Waals surface area contributed by atoms with Crippen LogP contribution in [0.2, 0.25) is 0 Å². The summed E-state index contributed by atoms with van der Waals surface area (Å²) < 4.78 is 5.41. The second-order valence-corrected chi connectivity index (χ2v) is 9.51. The van der Waals surface area contributed by atoms with E-state index in [0.717, 1.165) is 50.3 Å². The minimum Gasteiger partial charge on any atom is -0.342 e. The van der Waals surface area contributed by atoms with Crippen LogP contribution >= 0.6 is 11.3 Å². The minimum absolute atomic E-state index is 0.166. The van der Waals surface area contributed by atoms with E-state index in [9.17, 15) is 4.79 Å². The number of amides is 1. The Labute approximate surface area is 164 Å². The molecule has 2 fully saturated rings. The number of carbonyl (C=O) groups excluding carboxylic acids is 1. The van der Waals surface area contributed by atoms with Gasteiger partial charge in [-0.25, -0.2) is 0 Å². The zero-order valence-corrected chi connectivity index (χ0v) is 17.0. The van der Waals surface area contributed by atoms with Crippen molar-refractivity contribution in [3.8, 4) is 10.7 Å². The molecule has 146 valence electrons. The van der Waals surface area contributed by atoms with Crippen LogP contribution < -0.4 is 0 Å². The van der Waals surface area contributed by atoms with Crippen molar-refractivity contribution in [2.75, 3.05) is 26.2 Å². The number of carbonyl (C=O) groups is 1. The van der Waals surface area contributed by atoms with Gasteiger partial charge in [0.05, 0.1) is 11.4 Å². The van der Waals surface area contributed by atoms with Gasteiger partial charge in [0, 0.05) is 19.0 Å². The number of piperidine rings is 2. The molecule has 0 aliphatic carbocycles. The molecule has 6 nitrogen and oxygen atoms in total. The summed E-state index contributed by atoms with van der Waals surface area (Å²) in [5.74, 6) is 1.85. The van der Waals surface area contributed by atoms with Gasteiger partial charge in [0.15, 0.2) is 0 Å². The second kappa shape index (κ2) is 7.72. The smallest absolute Gasteiger partial charge is 0.241 e. The number of likely N-dealkylation sites (tertiary alicyclic amines) is 2. The fraction of sp³-hybridized carbons (Fsp3) is 0.650. The molecule has 0 spiro atoms. The van der Waals surface area contributed by atoms with Crippen LogP contribution in [0.25, 0.3) is 10.7 Å². The van der Waals surface area contributed by atoms with E-state index in [4.69, 9.17) is 4.52 Å². The summed E-state index contributed by atoms with van der Waals surface area (Å²) in [5, 5.41) is 6.09. The Kier molecular flexibility index (Phi) is 5.32. The molecule has 0 radical (unpaired) electrons. The van der Waals surface area contributed by atoms with E-state index in [0.29, 0.717) is 24.2 Å². The molecule has 2 aromatic heterocycles. The maximum atomic E-state index is 12.9. The summed E-state index contributed by atoms with van der Waals surface area (Å²) in [5.41, 5.74) is 0.257. The molecule has 4 heterocycles. The molecule has 0 saturated carbocycles. The van der Waals surface area contributed by atoms with Crippen molar-refractivity contribution in [2.45, 2.75) is 46.1 Å². The summed E-state index contributed by atoms with van der Waals surface area (Å²) in [6.45, 7) is 8.84. The van der Waals surface area contributed by atoms with Crippen LogP contribution in [0.15, 0.2) is 22.0 Å². The Morgan fingerprint density at radius 3 is 2.85 bits per heavy atom. The molecular weight excluding hydrogens is 360 g/mol. The van der Waals surface area contributed by atoms with E-state index < -0.39 is 0 Å². The van der Waals surface area contributed by atoms with E-state index in [1.54, 1.807) is 11.3 Å². The van der Waals surface area contributed by atoms with Gasteiger partial charge in [0.1, 0.15) is 0 Å². The first-order valence-electron chi connectivity index (χ1n) is 9.88. The molecule has 0 atom stereocenters. The van der Waals surface area contributed by atoms with E-state index in [1.165, 1.54) is 6.42 Å². The van der Waals surface area contributed by atoms with E-state index in [1.807, 2.05) is 17.5 Å². The number of hydrogen-bond donors (Lipinski definition) is 0. The minimum atomic E-state index is 0.166. The van der Waals surface area contributed by atoms with Gasteiger partial charge in [-0.2, -0.15) is 4.98 Å². The number of rotatable bonds is 4. The lowest BCUT2D eigenvalue weighted by molar-refractivity contribution is -0.140. The van der Waals surface area contributed by atoms with Crippen molar-refractivity contribution in [1.29, 1.82) is 0 Å². The van der Waals surface area contributed by atoms with Gasteiger partial charge in [-0.15, -0.1) is 11.3 Å². The fourth-order valence-electron chi connectivity index (χ4n) is 4.22. The van der Waals surface area contributed by atoms with Crippen LogP contribution in [0.1, 0.15) is 45.4 Å². The van der Waals surface area contributed by atoms with Crippen molar-refractivity contribution in [3.63, 3.8) is 0 Å². The summed E-state index contributed by atoms with van der Waals surface area (Å²) in [6, 6.07) is 3.99. The average Bonchev–Trinajstić information content (AvgIpc) is 3.32. The maximum Gasteiger partial charge on any atom is 0.241 e. The standard InChI is InChI=1S/C20H28N4O2S/c1-20(2)8-4-9-24(14-20)19(25)15-6-10-23(11-7-15)13-17-21-18(22-26-17)16-5-3-12-27-16/h3,5,12,15H,4,6-11,13-14H2,1-2H3. The number of aromatic nitrogens is 2. The van der Waals surface area contributed by atoms with Crippen molar-refractivity contribution in [1.82, 2.24) is 19.9 Å². The lowest BCUT2D eigenvalue weighted by Gasteiger charge is -2.41. The lowest BCUT2D eigenvalue weighted by Crippen LogP contribution is -2.48. The first-order valence-corrected chi connectivity index (χ1v) is 10.8. The second-order valence-electron chi connectivity index (χ2n) is 8.57. The molecule has 0 aromatic carbocycles. The van der Waals surface area contributed by atoms with Gasteiger partial charge in [0.25, 0.3) is 0 Å². The van der Waals surface area contributed by atoms with Gasteiger partial charge >= 0.3 is 0 Å². The van der Waals surface area contributed by atoms with E-state index in [2.05, 4.69) is 33.8 Å². The van der Waals surface area contributed by atoms with Gasteiger partial charge in [0.2, 0.25) is 17.6 Å². The number of nitrogens with zero attached hydrogens (tertiary/aromatic N) is 4. The average molecular weight is 389 g/mol. The summed E-state index contributed by atoms with van der Waals surface area (Å²) >= 11 is 1.61. The molecule has 7 heteroatoms. The molecule has 1 amide bonds. The summed E-state index contributed by atoms with van der Waals surface area (Å²) in [6.07, 6.45) is 4.18. The molecule has 0 bridgehead atoms. The van der Waals surface area contributed by atoms with Crippen LogP contribution in [-0.4, -0.2) is 52.0 Å². The number of hydrogen-bond acceptors (Lipinski definition) is 6. The Bertz CT molecular complexity index is 763. The topological polar surface area (TPSA) is 62.5 Å². The molecule has 2 aromatic rings. The van der Waals surface area contributed by atoms with Crippen LogP contribution in [0, 0.1) is 11.3 Å². The molecule has 0 N–H and O–H groups in total. The monoisotopic (exact) mass is 388 g/mol. The van der Waals surface area contributed by atoms with Crippen molar-refractivity contribution in [3.05, 3.63) is 23.4 Å². The zero-order chi connectivity index (χ0) is 18.9. The fourth-order valence-corrected chi connectivity index (χ4v) is 4.87. The van der Waals surface area contributed by atoms with E-state index >= 15 is 0 Å². The highest BCUT2D eigenvalue weighted by molar-refractivity contribution is 7.13. The van der Waals surface area contributed by atoms with Gasteiger partial charge < -0.3 is 9.42 Å². The lowest BCUT2D eigenvalue weighted by atomic mass is 9.83. The van der Waals surface area contributed by atoms with Crippen LogP contribution in [-0.2, 0) is 11.3 Å². The van der Waals surface area contributed by atoms with Crippen molar-refractivity contribution in [2.24, 2.45) is 11.3 Å². The SMILES string of the molecule is CC1(C)CCCN(C(=O)C2CCN(Cc3nc(-c4cccs4)no3)CC2)C1. The molecule has 0 unspecified atom stereocenters. The highest BCUT2D eigenvalue weighted by Crippen LogP contribution is 2.31.